The van der Waals surface area contributed by atoms with E-state index in [1.807, 2.05) is 0 Å². The van der Waals surface area contributed by atoms with Crippen LogP contribution in [0.5, 0.6) is 0 Å². The summed E-state index contributed by atoms with van der Waals surface area (Å²) >= 11 is 0. The van der Waals surface area contributed by atoms with Crippen LogP contribution in [0.3, 0.4) is 0 Å². The summed E-state index contributed by atoms with van der Waals surface area (Å²) in [5, 5.41) is 17.7. The van der Waals surface area contributed by atoms with Gasteiger partial charge in [-0.1, -0.05) is 0 Å². The summed E-state index contributed by atoms with van der Waals surface area (Å²) < 4.78 is 0. The molecule has 0 spiro atoms. The average Bonchev–Trinajstić information content (AvgIpc) is 2.56. The number of carbonyl (C=O) groups is 1. The van der Waals surface area contributed by atoms with Gasteiger partial charge in [-0.05, 0) is 13.0 Å². The summed E-state index contributed by atoms with van der Waals surface area (Å²) in [5.74, 6) is -0.120. The molecule has 0 saturated carbocycles. The number of aliphatic hydroxyl groups excluding tert-OH is 1. The van der Waals surface area contributed by atoms with Crippen LogP contribution in [0.4, 0.5) is 0 Å². The predicted octanol–water partition coefficient (Wildman–Crippen LogP) is -0.551. The molecule has 3 N–H and O–H groups in total. The first-order valence-electron chi connectivity index (χ1n) is 4.11. The number of nitrogens with one attached hydrogen (secondary N) is 2. The van der Waals surface area contributed by atoms with Crippen LogP contribution in [0.25, 0.3) is 0 Å². The van der Waals surface area contributed by atoms with Gasteiger partial charge < -0.3 is 10.4 Å². The van der Waals surface area contributed by atoms with Crippen LogP contribution in [-0.4, -0.2) is 33.9 Å². The Labute approximate surface area is 76.2 Å². The Morgan fingerprint density at radius 2 is 2.62 bits per heavy atom. The number of amides is 1. The van der Waals surface area contributed by atoms with Crippen LogP contribution in [0.2, 0.25) is 0 Å². The zero-order valence-electron chi connectivity index (χ0n) is 7.45. The molecule has 0 unspecified atom stereocenters. The summed E-state index contributed by atoms with van der Waals surface area (Å²) in [7, 11) is 0. The molecule has 0 saturated heterocycles. The van der Waals surface area contributed by atoms with E-state index in [1.165, 1.54) is 0 Å². The Morgan fingerprint density at radius 3 is 3.15 bits per heavy atom. The molecule has 1 aromatic heterocycles. The molecular weight excluding hydrogens is 170 g/mol. The maximum Gasteiger partial charge on any atom is 0.226 e. The van der Waals surface area contributed by atoms with Crippen molar-refractivity contribution in [2.75, 3.05) is 6.61 Å². The third-order valence-corrected chi connectivity index (χ3v) is 1.59. The van der Waals surface area contributed by atoms with Crippen molar-refractivity contribution in [3.8, 4) is 0 Å². The fourth-order valence-electron chi connectivity index (χ4n) is 0.928. The molecule has 72 valence electrons. The number of H-pyrrole nitrogens is 1. The van der Waals surface area contributed by atoms with Crippen molar-refractivity contribution in [2.24, 2.45) is 0 Å². The average molecular weight is 183 g/mol. The number of nitrogens with zero attached hydrogens (tertiary/aromatic N) is 1. The van der Waals surface area contributed by atoms with Crippen molar-refractivity contribution in [2.45, 2.75) is 19.4 Å². The van der Waals surface area contributed by atoms with E-state index in [2.05, 4.69) is 15.5 Å². The molecule has 5 nitrogen and oxygen atoms in total. The first-order chi connectivity index (χ1) is 6.22. The van der Waals surface area contributed by atoms with Gasteiger partial charge in [-0.15, -0.1) is 0 Å². The fourth-order valence-corrected chi connectivity index (χ4v) is 0.928. The highest BCUT2D eigenvalue weighted by Gasteiger charge is 2.07. The Morgan fingerprint density at radius 1 is 1.85 bits per heavy atom. The minimum Gasteiger partial charge on any atom is -0.394 e. The largest absolute Gasteiger partial charge is 0.394 e. The molecule has 0 aliphatic carbocycles. The van der Waals surface area contributed by atoms with E-state index >= 15 is 0 Å². The molecule has 1 amide bonds. The first-order valence-corrected chi connectivity index (χ1v) is 4.11. The van der Waals surface area contributed by atoms with Gasteiger partial charge in [0.15, 0.2) is 0 Å². The minimum atomic E-state index is -0.199. The lowest BCUT2D eigenvalue weighted by atomic mass is 10.3. The van der Waals surface area contributed by atoms with Crippen LogP contribution in [0, 0.1) is 0 Å². The molecule has 1 rings (SSSR count). The molecule has 0 aliphatic rings. The molecule has 0 bridgehead atoms. The van der Waals surface area contributed by atoms with E-state index in [0.717, 1.165) is 5.69 Å². The lowest BCUT2D eigenvalue weighted by Crippen LogP contribution is -2.36. The SMILES string of the molecule is C[C@H](CO)NC(=O)Cc1ccn[nH]1. The zero-order chi connectivity index (χ0) is 9.68. The summed E-state index contributed by atoms with van der Waals surface area (Å²) in [6.45, 7) is 1.69. The Balaban J connectivity index is 2.34. The second-order valence-corrected chi connectivity index (χ2v) is 2.91. The topological polar surface area (TPSA) is 78.0 Å². The molecule has 5 heteroatoms. The third kappa shape index (κ3) is 3.25. The van der Waals surface area contributed by atoms with Gasteiger partial charge in [-0.2, -0.15) is 5.10 Å². The van der Waals surface area contributed by atoms with E-state index < -0.39 is 0 Å². The standard InChI is InChI=1S/C8H13N3O2/c1-6(5-12)10-8(13)4-7-2-3-9-11-7/h2-3,6,12H,4-5H2,1H3,(H,9,11)(H,10,13)/t6-/m1/s1. The second kappa shape index (κ2) is 4.61. The number of hydrogen-bond acceptors (Lipinski definition) is 3. The number of carbonyl (C=O) groups excluding carboxylic acids is 1. The Hall–Kier alpha value is -1.36. The van der Waals surface area contributed by atoms with Crippen molar-refractivity contribution in [1.82, 2.24) is 15.5 Å². The quantitative estimate of drug-likeness (QED) is 0.586. The number of aromatic amines is 1. The monoisotopic (exact) mass is 183 g/mol. The summed E-state index contributed by atoms with van der Waals surface area (Å²) in [6, 6.07) is 1.54. The summed E-state index contributed by atoms with van der Waals surface area (Å²) in [4.78, 5) is 11.2. The second-order valence-electron chi connectivity index (χ2n) is 2.91. The molecule has 0 fully saturated rings. The van der Waals surface area contributed by atoms with Gasteiger partial charge in [0.25, 0.3) is 0 Å². The van der Waals surface area contributed by atoms with Crippen LogP contribution in [0.1, 0.15) is 12.6 Å². The smallest absolute Gasteiger partial charge is 0.226 e. The predicted molar refractivity (Wildman–Crippen MR) is 47.0 cm³/mol. The minimum absolute atomic E-state index is 0.0469. The number of hydrogen-bond donors (Lipinski definition) is 3. The number of aromatic nitrogens is 2. The van der Waals surface area contributed by atoms with Gasteiger partial charge in [0.05, 0.1) is 13.0 Å². The van der Waals surface area contributed by atoms with E-state index in [0.29, 0.717) is 0 Å². The third-order valence-electron chi connectivity index (χ3n) is 1.59. The van der Waals surface area contributed by atoms with E-state index in [1.54, 1.807) is 19.2 Å². The highest BCUT2D eigenvalue weighted by atomic mass is 16.3. The maximum atomic E-state index is 11.2. The van der Waals surface area contributed by atoms with E-state index in [-0.39, 0.29) is 25.0 Å². The van der Waals surface area contributed by atoms with Gasteiger partial charge in [0.2, 0.25) is 5.91 Å². The molecule has 0 aliphatic heterocycles. The van der Waals surface area contributed by atoms with Crippen LogP contribution >= 0.6 is 0 Å². The first kappa shape index (κ1) is 9.73. The van der Waals surface area contributed by atoms with Crippen molar-refractivity contribution < 1.29 is 9.90 Å². The van der Waals surface area contributed by atoms with Gasteiger partial charge in [0.1, 0.15) is 0 Å². The van der Waals surface area contributed by atoms with Crippen molar-refractivity contribution in [3.63, 3.8) is 0 Å². The Bertz CT molecular complexity index is 258. The van der Waals surface area contributed by atoms with Gasteiger partial charge >= 0.3 is 0 Å². The molecular formula is C8H13N3O2. The molecule has 13 heavy (non-hydrogen) atoms. The molecule has 1 heterocycles. The van der Waals surface area contributed by atoms with Crippen molar-refractivity contribution in [3.05, 3.63) is 18.0 Å². The molecule has 0 aromatic carbocycles. The molecule has 1 atom stereocenters. The van der Waals surface area contributed by atoms with E-state index in [4.69, 9.17) is 5.11 Å². The lowest BCUT2D eigenvalue weighted by Gasteiger charge is -2.09. The number of rotatable bonds is 4. The Kier molecular flexibility index (Phi) is 3.45. The van der Waals surface area contributed by atoms with Gasteiger partial charge in [0, 0.05) is 17.9 Å². The highest BCUT2D eigenvalue weighted by Crippen LogP contribution is 1.93. The fraction of sp³-hybridized carbons (Fsp3) is 0.500. The summed E-state index contributed by atoms with van der Waals surface area (Å²) in [5.41, 5.74) is 0.766. The van der Waals surface area contributed by atoms with Crippen molar-refractivity contribution in [1.29, 1.82) is 0 Å². The summed E-state index contributed by atoms with van der Waals surface area (Å²) in [6.07, 6.45) is 1.86. The highest BCUT2D eigenvalue weighted by molar-refractivity contribution is 5.78. The molecule has 0 radical (unpaired) electrons. The van der Waals surface area contributed by atoms with Crippen LogP contribution < -0.4 is 5.32 Å². The number of aliphatic hydroxyl groups is 1. The molecule has 1 aromatic rings. The maximum absolute atomic E-state index is 11.2. The van der Waals surface area contributed by atoms with Crippen LogP contribution in [-0.2, 0) is 11.2 Å². The normalized spacial score (nSPS) is 12.5. The van der Waals surface area contributed by atoms with E-state index in [9.17, 15) is 4.79 Å². The van der Waals surface area contributed by atoms with Gasteiger partial charge in [-0.25, -0.2) is 0 Å². The lowest BCUT2D eigenvalue weighted by molar-refractivity contribution is -0.121. The van der Waals surface area contributed by atoms with Crippen LogP contribution in [0.15, 0.2) is 12.3 Å². The van der Waals surface area contributed by atoms with Gasteiger partial charge in [-0.3, -0.25) is 9.89 Å². The zero-order valence-corrected chi connectivity index (χ0v) is 7.45. The van der Waals surface area contributed by atoms with Crippen molar-refractivity contribution >= 4 is 5.91 Å².